The van der Waals surface area contributed by atoms with Gasteiger partial charge >= 0.3 is 0 Å². The summed E-state index contributed by atoms with van der Waals surface area (Å²) in [5, 5.41) is 0. The molecule has 0 saturated carbocycles. The Bertz CT molecular complexity index is 173. The van der Waals surface area contributed by atoms with Crippen molar-refractivity contribution < 1.29 is 9.47 Å². The fraction of sp³-hybridized carbons (Fsp3) is 1.00. The highest BCUT2D eigenvalue weighted by Gasteiger charge is 2.34. The lowest BCUT2D eigenvalue weighted by Gasteiger charge is -2.25. The number of likely N-dealkylation sites (tertiary alicyclic amines) is 1. The molecule has 92 valence electrons. The van der Waals surface area contributed by atoms with Crippen molar-refractivity contribution in [3.8, 4) is 0 Å². The van der Waals surface area contributed by atoms with Crippen LogP contribution < -0.4 is 5.73 Å². The summed E-state index contributed by atoms with van der Waals surface area (Å²) in [6.07, 6.45) is 0.365. The molecule has 1 aliphatic rings. The molecule has 1 rings (SSSR count). The summed E-state index contributed by atoms with van der Waals surface area (Å²) < 4.78 is 10.7. The molecule has 0 spiro atoms. The molecule has 2 atom stereocenters. The number of nitrogens with zero attached hydrogens (tertiary/aromatic N) is 1. The third-order valence-corrected chi connectivity index (χ3v) is 2.53. The van der Waals surface area contributed by atoms with E-state index in [1.54, 1.807) is 14.2 Å². The molecular weight excluding hydrogens is 216 g/mol. The van der Waals surface area contributed by atoms with Crippen LogP contribution in [0.1, 0.15) is 13.8 Å². The van der Waals surface area contributed by atoms with Crippen molar-refractivity contribution in [1.82, 2.24) is 4.90 Å². The Hall–Kier alpha value is 0.130. The van der Waals surface area contributed by atoms with Crippen LogP contribution >= 0.6 is 12.4 Å². The van der Waals surface area contributed by atoms with Crippen molar-refractivity contribution in [3.05, 3.63) is 0 Å². The zero-order valence-corrected chi connectivity index (χ0v) is 10.8. The zero-order chi connectivity index (χ0) is 10.8. The molecule has 15 heavy (non-hydrogen) atoms. The number of hydrogen-bond donors (Lipinski definition) is 1. The van der Waals surface area contributed by atoms with Gasteiger partial charge in [0.05, 0.1) is 12.2 Å². The SMILES string of the molecule is COC1CN(CC(C)(C)N)CC1OC.Cl. The van der Waals surface area contributed by atoms with Crippen molar-refractivity contribution in [1.29, 1.82) is 0 Å². The van der Waals surface area contributed by atoms with E-state index < -0.39 is 0 Å². The average Bonchev–Trinajstić information content (AvgIpc) is 2.43. The molecule has 1 heterocycles. The zero-order valence-electron chi connectivity index (χ0n) is 10.0. The van der Waals surface area contributed by atoms with E-state index in [4.69, 9.17) is 15.2 Å². The Morgan fingerprint density at radius 3 is 1.87 bits per heavy atom. The lowest BCUT2D eigenvalue weighted by Crippen LogP contribution is -2.44. The molecule has 0 bridgehead atoms. The summed E-state index contributed by atoms with van der Waals surface area (Å²) in [6.45, 7) is 6.78. The molecule has 0 aliphatic carbocycles. The number of ether oxygens (including phenoxy) is 2. The van der Waals surface area contributed by atoms with E-state index in [-0.39, 0.29) is 30.2 Å². The fourth-order valence-electron chi connectivity index (χ4n) is 1.98. The molecule has 0 aromatic carbocycles. The second kappa shape index (κ2) is 6.01. The van der Waals surface area contributed by atoms with Crippen LogP contribution in [0.15, 0.2) is 0 Å². The number of rotatable bonds is 4. The summed E-state index contributed by atoms with van der Waals surface area (Å²) in [4.78, 5) is 2.29. The minimum absolute atomic E-state index is 0. The molecular formula is C10H23ClN2O2. The highest BCUT2D eigenvalue weighted by Crippen LogP contribution is 2.17. The van der Waals surface area contributed by atoms with E-state index in [0.29, 0.717) is 0 Å². The smallest absolute Gasteiger partial charge is 0.0971 e. The quantitative estimate of drug-likeness (QED) is 0.775. The van der Waals surface area contributed by atoms with E-state index in [1.165, 1.54) is 0 Å². The van der Waals surface area contributed by atoms with E-state index >= 15 is 0 Å². The molecule has 1 fully saturated rings. The summed E-state index contributed by atoms with van der Waals surface area (Å²) in [5.74, 6) is 0. The lowest BCUT2D eigenvalue weighted by molar-refractivity contribution is -0.00461. The van der Waals surface area contributed by atoms with Crippen molar-refractivity contribution >= 4 is 12.4 Å². The van der Waals surface area contributed by atoms with Gasteiger partial charge in [-0.2, -0.15) is 0 Å². The molecule has 4 nitrogen and oxygen atoms in total. The van der Waals surface area contributed by atoms with Crippen molar-refractivity contribution in [2.75, 3.05) is 33.9 Å². The molecule has 5 heteroatoms. The summed E-state index contributed by atoms with van der Waals surface area (Å²) in [5.41, 5.74) is 5.81. The molecule has 0 radical (unpaired) electrons. The topological polar surface area (TPSA) is 47.7 Å². The van der Waals surface area contributed by atoms with E-state index in [1.807, 2.05) is 13.8 Å². The third kappa shape index (κ3) is 4.66. The van der Waals surface area contributed by atoms with Crippen LogP contribution in [0.5, 0.6) is 0 Å². The van der Waals surface area contributed by atoms with E-state index in [9.17, 15) is 0 Å². The van der Waals surface area contributed by atoms with Crippen LogP contribution in [0.4, 0.5) is 0 Å². The van der Waals surface area contributed by atoms with Gasteiger partial charge in [-0.15, -0.1) is 12.4 Å². The highest BCUT2D eigenvalue weighted by atomic mass is 35.5. The van der Waals surface area contributed by atoms with Gasteiger partial charge in [-0.1, -0.05) is 0 Å². The van der Waals surface area contributed by atoms with Crippen LogP contribution in [-0.4, -0.2) is 56.5 Å². The maximum atomic E-state index is 5.97. The average molecular weight is 239 g/mol. The van der Waals surface area contributed by atoms with Gasteiger partial charge in [0.2, 0.25) is 0 Å². The van der Waals surface area contributed by atoms with Crippen LogP contribution in [0.3, 0.4) is 0 Å². The van der Waals surface area contributed by atoms with Crippen LogP contribution in [-0.2, 0) is 9.47 Å². The number of methoxy groups -OCH3 is 2. The van der Waals surface area contributed by atoms with E-state index in [2.05, 4.69) is 4.90 Å². The maximum absolute atomic E-state index is 5.97. The number of hydrogen-bond acceptors (Lipinski definition) is 4. The van der Waals surface area contributed by atoms with E-state index in [0.717, 1.165) is 19.6 Å². The first-order chi connectivity index (χ1) is 6.46. The number of halogens is 1. The Morgan fingerprint density at radius 1 is 1.20 bits per heavy atom. The predicted octanol–water partition coefficient (Wildman–Crippen LogP) is 0.491. The third-order valence-electron chi connectivity index (χ3n) is 2.53. The van der Waals surface area contributed by atoms with Crippen LogP contribution in [0.2, 0.25) is 0 Å². The largest absolute Gasteiger partial charge is 0.377 e. The second-order valence-corrected chi connectivity index (χ2v) is 4.73. The van der Waals surface area contributed by atoms with Gasteiger partial charge in [-0.05, 0) is 13.8 Å². The first-order valence-electron chi connectivity index (χ1n) is 5.03. The van der Waals surface area contributed by atoms with Crippen molar-refractivity contribution in [3.63, 3.8) is 0 Å². The molecule has 2 N–H and O–H groups in total. The van der Waals surface area contributed by atoms with Gasteiger partial charge in [-0.3, -0.25) is 4.90 Å². The standard InChI is InChI=1S/C10H22N2O2.ClH/c1-10(2,11)7-12-5-8(13-3)9(6-12)14-4;/h8-9H,5-7,11H2,1-4H3;1H. The molecule has 1 saturated heterocycles. The summed E-state index contributed by atoms with van der Waals surface area (Å²) in [6, 6.07) is 0. The van der Waals surface area contributed by atoms with Crippen LogP contribution in [0, 0.1) is 0 Å². The first-order valence-corrected chi connectivity index (χ1v) is 5.03. The lowest BCUT2D eigenvalue weighted by atomic mass is 10.1. The Kier molecular flexibility index (Phi) is 6.06. The Labute approximate surface area is 98.5 Å². The van der Waals surface area contributed by atoms with Gasteiger partial charge in [0.1, 0.15) is 0 Å². The Morgan fingerprint density at radius 2 is 1.60 bits per heavy atom. The van der Waals surface area contributed by atoms with Gasteiger partial charge in [0, 0.05) is 39.4 Å². The fourth-order valence-corrected chi connectivity index (χ4v) is 1.98. The monoisotopic (exact) mass is 238 g/mol. The molecule has 0 amide bonds. The molecule has 0 aromatic heterocycles. The van der Waals surface area contributed by atoms with Crippen molar-refractivity contribution in [2.45, 2.75) is 31.6 Å². The minimum atomic E-state index is -0.152. The molecule has 2 unspecified atom stereocenters. The second-order valence-electron chi connectivity index (χ2n) is 4.73. The Balaban J connectivity index is 0.00000196. The summed E-state index contributed by atoms with van der Waals surface area (Å²) >= 11 is 0. The molecule has 1 aliphatic heterocycles. The van der Waals surface area contributed by atoms with Gasteiger partial charge < -0.3 is 15.2 Å². The van der Waals surface area contributed by atoms with Gasteiger partial charge in [0.25, 0.3) is 0 Å². The maximum Gasteiger partial charge on any atom is 0.0971 e. The summed E-state index contributed by atoms with van der Waals surface area (Å²) in [7, 11) is 3.46. The highest BCUT2D eigenvalue weighted by molar-refractivity contribution is 5.85. The van der Waals surface area contributed by atoms with Crippen LogP contribution in [0.25, 0.3) is 0 Å². The predicted molar refractivity (Wildman–Crippen MR) is 63.5 cm³/mol. The molecule has 0 aromatic rings. The number of nitrogens with two attached hydrogens (primary N) is 1. The first kappa shape index (κ1) is 15.1. The normalized spacial score (nSPS) is 27.8. The van der Waals surface area contributed by atoms with Gasteiger partial charge in [0.15, 0.2) is 0 Å². The van der Waals surface area contributed by atoms with Gasteiger partial charge in [-0.25, -0.2) is 0 Å². The van der Waals surface area contributed by atoms with Crippen molar-refractivity contribution in [2.24, 2.45) is 5.73 Å². The minimum Gasteiger partial charge on any atom is -0.377 e.